The average Bonchev–Trinajstić information content (AvgIpc) is 3.66. The van der Waals surface area contributed by atoms with Crippen molar-refractivity contribution in [2.24, 2.45) is 0 Å². The number of pyridine rings is 1. The highest BCUT2D eigenvalue weighted by Crippen LogP contribution is 2.42. The van der Waals surface area contributed by atoms with Crippen LogP contribution >= 0.6 is 0 Å². The van der Waals surface area contributed by atoms with Gasteiger partial charge in [0, 0.05) is 35.1 Å². The summed E-state index contributed by atoms with van der Waals surface area (Å²) >= 11 is 0. The van der Waals surface area contributed by atoms with Gasteiger partial charge in [-0.3, -0.25) is 4.40 Å². The number of ether oxygens (including phenoxy) is 1. The summed E-state index contributed by atoms with van der Waals surface area (Å²) in [5, 5.41) is 3.43. The number of para-hydroxylation sites is 3. The Morgan fingerprint density at radius 3 is 2.13 bits per heavy atom. The summed E-state index contributed by atoms with van der Waals surface area (Å²) < 4.78 is 8.94. The molecule has 5 nitrogen and oxygen atoms in total. The second-order valence-electron chi connectivity index (χ2n) is 13.0. The van der Waals surface area contributed by atoms with Crippen LogP contribution in [0.2, 0.25) is 0 Å². The number of anilines is 3. The van der Waals surface area contributed by atoms with Crippen molar-refractivity contribution in [3.05, 3.63) is 127 Å². The molecule has 0 aliphatic carbocycles. The van der Waals surface area contributed by atoms with Crippen LogP contribution in [0.1, 0.15) is 50.7 Å². The first-order valence-corrected chi connectivity index (χ1v) is 16.2. The number of hydrogen-bond donors (Lipinski definition) is 0. The van der Waals surface area contributed by atoms with Gasteiger partial charge in [-0.2, -0.15) is 0 Å². The number of hydrogen-bond acceptors (Lipinski definition) is 4. The van der Waals surface area contributed by atoms with E-state index in [4.69, 9.17) is 9.72 Å². The minimum atomic E-state index is 0.385. The lowest BCUT2D eigenvalue weighted by Crippen LogP contribution is -2.23. The summed E-state index contributed by atoms with van der Waals surface area (Å²) in [6.07, 6.45) is 2.07. The van der Waals surface area contributed by atoms with Crippen LogP contribution in [0.5, 0.6) is 11.5 Å². The lowest BCUT2D eigenvalue weighted by atomic mass is 9.87. The van der Waals surface area contributed by atoms with Crippen LogP contribution in [0.4, 0.5) is 17.1 Å². The first-order valence-electron chi connectivity index (χ1n) is 16.2. The molecule has 46 heavy (non-hydrogen) atoms. The zero-order valence-corrected chi connectivity index (χ0v) is 27.0. The smallest absolute Gasteiger partial charge is 0.145 e. The van der Waals surface area contributed by atoms with E-state index in [1.54, 1.807) is 0 Å². The lowest BCUT2D eigenvalue weighted by Gasteiger charge is -2.21. The van der Waals surface area contributed by atoms with Gasteiger partial charge in [-0.25, -0.2) is 4.98 Å². The van der Waals surface area contributed by atoms with E-state index in [0.717, 1.165) is 46.1 Å². The van der Waals surface area contributed by atoms with E-state index >= 15 is 0 Å². The molecule has 228 valence electrons. The zero-order valence-electron chi connectivity index (χ0n) is 27.0. The molecule has 5 heteroatoms. The highest BCUT2D eigenvalue weighted by atomic mass is 16.5. The standard InChI is InChI=1S/C41H38N4O/c1-26(2)31-15-11-16-32(27(3)4)40(31)39-24-42-41-35-23-30(20-21-33(35)34-14-6-7-17-36(34)45(39)41)46-29-13-10-12-28(22-29)44-25-43(5)37-18-8-9-19-38(37)44/h6-24,26-27H,25H2,1-5H3. The molecule has 0 amide bonds. The Balaban J connectivity index is 1.26. The van der Waals surface area contributed by atoms with Gasteiger partial charge in [0.2, 0.25) is 0 Å². The van der Waals surface area contributed by atoms with Crippen molar-refractivity contribution >= 4 is 44.4 Å². The van der Waals surface area contributed by atoms with Crippen LogP contribution in [-0.4, -0.2) is 23.1 Å². The molecule has 0 saturated heterocycles. The molecule has 0 spiro atoms. The fraction of sp³-hybridized carbons (Fsp3) is 0.195. The molecule has 1 aliphatic rings. The maximum Gasteiger partial charge on any atom is 0.145 e. The molecule has 2 aromatic heterocycles. The minimum Gasteiger partial charge on any atom is -0.457 e. The van der Waals surface area contributed by atoms with Crippen molar-refractivity contribution in [1.82, 2.24) is 9.38 Å². The average molecular weight is 603 g/mol. The first kappa shape index (κ1) is 28.2. The third-order valence-electron chi connectivity index (χ3n) is 9.36. The zero-order chi connectivity index (χ0) is 31.5. The Labute approximate surface area is 270 Å². The van der Waals surface area contributed by atoms with E-state index in [2.05, 4.69) is 158 Å². The first-order chi connectivity index (χ1) is 22.4. The molecule has 0 bridgehead atoms. The minimum absolute atomic E-state index is 0.385. The van der Waals surface area contributed by atoms with Crippen LogP contribution in [0.25, 0.3) is 38.6 Å². The van der Waals surface area contributed by atoms with E-state index in [0.29, 0.717) is 11.8 Å². The molecule has 8 rings (SSSR count). The topological polar surface area (TPSA) is 33.0 Å². The number of nitrogens with zero attached hydrogens (tertiary/aromatic N) is 4. The molecule has 0 atom stereocenters. The molecule has 0 unspecified atom stereocenters. The van der Waals surface area contributed by atoms with Gasteiger partial charge in [-0.1, -0.05) is 82.3 Å². The molecular formula is C41H38N4O. The highest BCUT2D eigenvalue weighted by Gasteiger charge is 2.25. The number of imidazole rings is 1. The second kappa shape index (κ2) is 11.0. The van der Waals surface area contributed by atoms with Crippen molar-refractivity contribution in [1.29, 1.82) is 0 Å². The van der Waals surface area contributed by atoms with E-state index in [9.17, 15) is 0 Å². The Morgan fingerprint density at radius 1 is 0.652 bits per heavy atom. The molecular weight excluding hydrogens is 564 g/mol. The van der Waals surface area contributed by atoms with Crippen molar-refractivity contribution < 1.29 is 4.74 Å². The van der Waals surface area contributed by atoms with Crippen LogP contribution in [0.15, 0.2) is 115 Å². The van der Waals surface area contributed by atoms with E-state index in [1.165, 1.54) is 38.8 Å². The van der Waals surface area contributed by atoms with Gasteiger partial charge >= 0.3 is 0 Å². The lowest BCUT2D eigenvalue weighted by molar-refractivity contribution is 0.483. The Kier molecular flexibility index (Phi) is 6.71. The highest BCUT2D eigenvalue weighted by molar-refractivity contribution is 6.12. The quantitative estimate of drug-likeness (QED) is 0.177. The van der Waals surface area contributed by atoms with Gasteiger partial charge in [0.25, 0.3) is 0 Å². The van der Waals surface area contributed by atoms with Crippen molar-refractivity contribution in [3.63, 3.8) is 0 Å². The maximum atomic E-state index is 6.58. The number of aromatic nitrogens is 2. The Bertz CT molecular complexity index is 2240. The maximum absolute atomic E-state index is 6.58. The molecule has 7 aromatic rings. The second-order valence-corrected chi connectivity index (χ2v) is 13.0. The summed E-state index contributed by atoms with van der Waals surface area (Å²) in [6.45, 7) is 9.90. The SMILES string of the molecule is CC(C)c1cccc(C(C)C)c1-c1cnc2c3cc(Oc4cccc(N5CN(C)c6ccccc65)c4)ccc3c3ccccc3n12. The predicted molar refractivity (Wildman–Crippen MR) is 192 cm³/mol. The van der Waals surface area contributed by atoms with E-state index < -0.39 is 0 Å². The van der Waals surface area contributed by atoms with Gasteiger partial charge in [0.1, 0.15) is 17.1 Å². The van der Waals surface area contributed by atoms with Crippen LogP contribution < -0.4 is 14.5 Å². The number of fused-ring (bicyclic) bond motifs is 7. The third-order valence-corrected chi connectivity index (χ3v) is 9.36. The summed E-state index contributed by atoms with van der Waals surface area (Å²) in [5.41, 5.74) is 10.8. The van der Waals surface area contributed by atoms with Crippen LogP contribution in [0, 0.1) is 0 Å². The van der Waals surface area contributed by atoms with Gasteiger partial charge in [0.15, 0.2) is 0 Å². The fourth-order valence-electron chi connectivity index (χ4n) is 7.16. The van der Waals surface area contributed by atoms with Gasteiger partial charge < -0.3 is 14.5 Å². The summed E-state index contributed by atoms with van der Waals surface area (Å²) in [6, 6.07) is 38.7. The van der Waals surface area contributed by atoms with Crippen LogP contribution in [0.3, 0.4) is 0 Å². The van der Waals surface area contributed by atoms with Gasteiger partial charge in [0.05, 0.1) is 35.5 Å². The molecule has 5 aromatic carbocycles. The molecule has 1 aliphatic heterocycles. The molecule has 0 fully saturated rings. The molecule has 0 radical (unpaired) electrons. The molecule has 0 N–H and O–H groups in total. The third kappa shape index (κ3) is 4.49. The van der Waals surface area contributed by atoms with E-state index in [-0.39, 0.29) is 0 Å². The monoisotopic (exact) mass is 602 g/mol. The van der Waals surface area contributed by atoms with Crippen molar-refractivity contribution in [2.75, 3.05) is 23.5 Å². The number of rotatable bonds is 6. The summed E-state index contributed by atoms with van der Waals surface area (Å²) in [4.78, 5) is 9.71. The molecule has 0 saturated carbocycles. The Hall–Kier alpha value is -5.29. The van der Waals surface area contributed by atoms with Gasteiger partial charge in [-0.05, 0) is 76.9 Å². The van der Waals surface area contributed by atoms with Crippen LogP contribution in [-0.2, 0) is 0 Å². The number of benzene rings is 5. The summed E-state index contributed by atoms with van der Waals surface area (Å²) in [7, 11) is 2.13. The predicted octanol–water partition coefficient (Wildman–Crippen LogP) is 10.9. The summed E-state index contributed by atoms with van der Waals surface area (Å²) in [5.74, 6) is 2.36. The van der Waals surface area contributed by atoms with Crippen molar-refractivity contribution in [3.8, 4) is 22.8 Å². The van der Waals surface area contributed by atoms with Crippen molar-refractivity contribution in [2.45, 2.75) is 39.5 Å². The normalized spacial score (nSPS) is 13.1. The molecule has 3 heterocycles. The van der Waals surface area contributed by atoms with Gasteiger partial charge in [-0.15, -0.1) is 0 Å². The Morgan fingerprint density at radius 2 is 1.35 bits per heavy atom. The van der Waals surface area contributed by atoms with E-state index in [1.807, 2.05) is 6.07 Å². The largest absolute Gasteiger partial charge is 0.457 e. The fourth-order valence-corrected chi connectivity index (χ4v) is 7.16.